The maximum atomic E-state index is 12.6. The van der Waals surface area contributed by atoms with Crippen LogP contribution in [0.1, 0.15) is 21.5 Å². The number of nitrogens with zero attached hydrogens (tertiary/aromatic N) is 1. The van der Waals surface area contributed by atoms with Gasteiger partial charge in [0.15, 0.2) is 0 Å². The Hall–Kier alpha value is -2.54. The zero-order valence-corrected chi connectivity index (χ0v) is 14.1. The van der Waals surface area contributed by atoms with Gasteiger partial charge >= 0.3 is 0 Å². The number of hydrogen-bond donors (Lipinski definition) is 2. The summed E-state index contributed by atoms with van der Waals surface area (Å²) < 4.78 is 24.8. The lowest BCUT2D eigenvalue weighted by atomic mass is 9.98. The van der Waals surface area contributed by atoms with Crippen molar-refractivity contribution in [3.05, 3.63) is 59.2 Å². The summed E-state index contributed by atoms with van der Waals surface area (Å²) in [5.74, 6) is -0.0750. The van der Waals surface area contributed by atoms with Gasteiger partial charge in [0.25, 0.3) is 5.91 Å². The molecule has 1 aliphatic heterocycles. The molecule has 3 rings (SSSR count). The third kappa shape index (κ3) is 3.68. The molecule has 2 aromatic carbocycles. The van der Waals surface area contributed by atoms with Crippen LogP contribution in [0.25, 0.3) is 0 Å². The number of nitrogen functional groups attached to an aromatic ring is 1. The molecule has 0 unspecified atom stereocenters. The van der Waals surface area contributed by atoms with Crippen LogP contribution in [-0.4, -0.2) is 32.0 Å². The number of benzene rings is 2. The number of sulfonamides is 1. The first-order valence-electron chi connectivity index (χ1n) is 7.56. The van der Waals surface area contributed by atoms with Crippen LogP contribution in [0, 0.1) is 0 Å². The molecule has 3 N–H and O–H groups in total. The van der Waals surface area contributed by atoms with Gasteiger partial charge in [0.05, 0.1) is 6.26 Å². The van der Waals surface area contributed by atoms with Crippen molar-refractivity contribution in [2.45, 2.75) is 13.0 Å². The molecule has 0 spiro atoms. The predicted molar refractivity (Wildman–Crippen MR) is 94.2 cm³/mol. The molecule has 0 saturated heterocycles. The molecule has 1 aliphatic rings. The number of nitrogens with two attached hydrogens (primary N) is 1. The largest absolute Gasteiger partial charge is 0.399 e. The molecule has 1 heterocycles. The van der Waals surface area contributed by atoms with Crippen molar-refractivity contribution in [1.82, 2.24) is 4.90 Å². The van der Waals surface area contributed by atoms with E-state index in [1.54, 1.807) is 29.2 Å². The van der Waals surface area contributed by atoms with Crippen LogP contribution >= 0.6 is 0 Å². The maximum Gasteiger partial charge on any atom is 0.254 e. The van der Waals surface area contributed by atoms with E-state index in [9.17, 15) is 13.2 Å². The average molecular weight is 345 g/mol. The van der Waals surface area contributed by atoms with Crippen molar-refractivity contribution in [3.8, 4) is 0 Å². The van der Waals surface area contributed by atoms with E-state index in [-0.39, 0.29) is 5.91 Å². The van der Waals surface area contributed by atoms with Crippen LogP contribution in [0.15, 0.2) is 42.5 Å². The summed E-state index contributed by atoms with van der Waals surface area (Å²) in [5.41, 5.74) is 9.78. The van der Waals surface area contributed by atoms with Crippen LogP contribution < -0.4 is 10.5 Å². The molecule has 24 heavy (non-hydrogen) atoms. The van der Waals surface area contributed by atoms with Crippen LogP contribution in [0.2, 0.25) is 0 Å². The molecule has 0 atom stereocenters. The summed E-state index contributed by atoms with van der Waals surface area (Å²) in [5, 5.41) is 0. The van der Waals surface area contributed by atoms with E-state index in [4.69, 9.17) is 5.73 Å². The van der Waals surface area contributed by atoms with Gasteiger partial charge in [0, 0.05) is 30.0 Å². The highest BCUT2D eigenvalue weighted by atomic mass is 32.2. The standard InChI is InChI=1S/C17H19N3O3S/c1-24(22,23)19-16-6-3-13(4-7-16)17(21)20-9-8-12-2-5-15(18)10-14(12)11-20/h2-7,10,19H,8-9,11,18H2,1H3. The van der Waals surface area contributed by atoms with Crippen LogP contribution in [0.3, 0.4) is 0 Å². The second-order valence-corrected chi connectivity index (χ2v) is 7.70. The first-order chi connectivity index (χ1) is 11.3. The van der Waals surface area contributed by atoms with E-state index in [2.05, 4.69) is 4.72 Å². The van der Waals surface area contributed by atoms with E-state index in [0.717, 1.165) is 18.2 Å². The number of anilines is 2. The highest BCUT2D eigenvalue weighted by molar-refractivity contribution is 7.92. The second-order valence-electron chi connectivity index (χ2n) is 5.96. The van der Waals surface area contributed by atoms with Gasteiger partial charge < -0.3 is 10.6 Å². The molecule has 0 saturated carbocycles. The predicted octanol–water partition coefficient (Wildman–Crippen LogP) is 1.84. The Morgan fingerprint density at radius 1 is 1.12 bits per heavy atom. The molecule has 1 amide bonds. The molecule has 0 fully saturated rings. The van der Waals surface area contributed by atoms with E-state index in [1.807, 2.05) is 18.2 Å². The van der Waals surface area contributed by atoms with Crippen LogP contribution in [0.4, 0.5) is 11.4 Å². The first kappa shape index (κ1) is 16.3. The van der Waals surface area contributed by atoms with E-state index in [0.29, 0.717) is 30.0 Å². The minimum atomic E-state index is -3.33. The molecule has 0 radical (unpaired) electrons. The Bertz CT molecular complexity index is 876. The molecular weight excluding hydrogens is 326 g/mol. The zero-order valence-electron chi connectivity index (χ0n) is 13.3. The van der Waals surface area contributed by atoms with Gasteiger partial charge in [-0.3, -0.25) is 9.52 Å². The molecule has 6 nitrogen and oxygen atoms in total. The molecule has 2 aromatic rings. The summed E-state index contributed by atoms with van der Waals surface area (Å²) in [6.45, 7) is 1.18. The monoisotopic (exact) mass is 345 g/mol. The lowest BCUT2D eigenvalue weighted by molar-refractivity contribution is 0.0735. The van der Waals surface area contributed by atoms with Crippen molar-refractivity contribution < 1.29 is 13.2 Å². The summed E-state index contributed by atoms with van der Waals surface area (Å²) >= 11 is 0. The fourth-order valence-electron chi connectivity index (χ4n) is 2.83. The Morgan fingerprint density at radius 3 is 2.50 bits per heavy atom. The minimum Gasteiger partial charge on any atom is -0.399 e. The van der Waals surface area contributed by atoms with Crippen molar-refractivity contribution in [1.29, 1.82) is 0 Å². The fourth-order valence-corrected chi connectivity index (χ4v) is 3.39. The number of amides is 1. The van der Waals surface area contributed by atoms with Gasteiger partial charge in [0.1, 0.15) is 0 Å². The molecule has 0 aromatic heterocycles. The van der Waals surface area contributed by atoms with Crippen LogP contribution in [0.5, 0.6) is 0 Å². The third-order valence-corrected chi connectivity index (χ3v) is 4.57. The van der Waals surface area contributed by atoms with Gasteiger partial charge in [-0.1, -0.05) is 6.07 Å². The topological polar surface area (TPSA) is 92.5 Å². The molecule has 126 valence electrons. The van der Waals surface area contributed by atoms with Gasteiger partial charge in [-0.15, -0.1) is 0 Å². The smallest absolute Gasteiger partial charge is 0.254 e. The highest BCUT2D eigenvalue weighted by Gasteiger charge is 2.21. The van der Waals surface area contributed by atoms with Crippen molar-refractivity contribution in [2.75, 3.05) is 23.3 Å². The molecular formula is C17H19N3O3S. The van der Waals surface area contributed by atoms with E-state index < -0.39 is 10.0 Å². The van der Waals surface area contributed by atoms with Crippen molar-refractivity contribution in [3.63, 3.8) is 0 Å². The number of carbonyl (C=O) groups is 1. The lowest BCUT2D eigenvalue weighted by Gasteiger charge is -2.29. The van der Waals surface area contributed by atoms with Crippen LogP contribution in [-0.2, 0) is 23.0 Å². The number of carbonyl (C=O) groups excluding carboxylic acids is 1. The second kappa shape index (κ2) is 6.16. The van der Waals surface area contributed by atoms with E-state index >= 15 is 0 Å². The van der Waals surface area contributed by atoms with Gasteiger partial charge in [0.2, 0.25) is 10.0 Å². The Balaban J connectivity index is 1.75. The molecule has 0 bridgehead atoms. The van der Waals surface area contributed by atoms with Gasteiger partial charge in [-0.05, 0) is 53.9 Å². The van der Waals surface area contributed by atoms with Crippen molar-refractivity contribution >= 4 is 27.3 Å². The summed E-state index contributed by atoms with van der Waals surface area (Å²) in [6.07, 6.45) is 1.89. The van der Waals surface area contributed by atoms with Crippen molar-refractivity contribution in [2.24, 2.45) is 0 Å². The normalized spacial score (nSPS) is 14.1. The number of rotatable bonds is 3. The number of nitrogens with one attached hydrogen (secondary N) is 1. The number of hydrogen-bond acceptors (Lipinski definition) is 4. The third-order valence-electron chi connectivity index (χ3n) is 3.96. The summed E-state index contributed by atoms with van der Waals surface area (Å²) in [6, 6.07) is 12.2. The van der Waals surface area contributed by atoms with Gasteiger partial charge in [-0.2, -0.15) is 0 Å². The Kier molecular flexibility index (Phi) is 4.19. The quantitative estimate of drug-likeness (QED) is 0.830. The first-order valence-corrected chi connectivity index (χ1v) is 9.45. The van der Waals surface area contributed by atoms with E-state index in [1.165, 1.54) is 5.56 Å². The molecule has 0 aliphatic carbocycles. The fraction of sp³-hybridized carbons (Fsp3) is 0.235. The summed E-state index contributed by atoms with van der Waals surface area (Å²) in [4.78, 5) is 14.4. The van der Waals surface area contributed by atoms with Gasteiger partial charge in [-0.25, -0.2) is 8.42 Å². The Morgan fingerprint density at radius 2 is 1.83 bits per heavy atom. The zero-order chi connectivity index (χ0) is 17.3. The lowest BCUT2D eigenvalue weighted by Crippen LogP contribution is -2.36. The number of fused-ring (bicyclic) bond motifs is 1. The summed E-state index contributed by atoms with van der Waals surface area (Å²) in [7, 11) is -3.33. The highest BCUT2D eigenvalue weighted by Crippen LogP contribution is 2.23. The maximum absolute atomic E-state index is 12.6. The molecule has 7 heteroatoms. The average Bonchev–Trinajstić information content (AvgIpc) is 2.52. The minimum absolute atomic E-state index is 0.0750. The SMILES string of the molecule is CS(=O)(=O)Nc1ccc(C(=O)N2CCc3ccc(N)cc3C2)cc1. The Labute approximate surface area is 141 Å².